The van der Waals surface area contributed by atoms with Crippen LogP contribution in [0.5, 0.6) is 0 Å². The number of guanidine groups is 1. The number of halogens is 2. The molecule has 34 heavy (non-hydrogen) atoms. The van der Waals surface area contributed by atoms with Crippen molar-refractivity contribution >= 4 is 39.2 Å². The first-order valence-electron chi connectivity index (χ1n) is 10.2. The Hall–Kier alpha value is -3.39. The fraction of sp³-hybridized carbons (Fsp3) is 0.0400. The summed E-state index contributed by atoms with van der Waals surface area (Å²) >= 11 is 12.1. The van der Waals surface area contributed by atoms with Crippen molar-refractivity contribution in [2.24, 2.45) is 10.1 Å². The number of rotatable bonds is 6. The predicted molar refractivity (Wildman–Crippen MR) is 137 cm³/mol. The highest BCUT2D eigenvalue weighted by atomic mass is 35.5. The zero-order valence-electron chi connectivity index (χ0n) is 17.8. The van der Waals surface area contributed by atoms with E-state index in [2.05, 4.69) is 14.7 Å². The number of nitrogens with zero attached hydrogens (tertiary/aromatic N) is 2. The van der Waals surface area contributed by atoms with Gasteiger partial charge in [-0.1, -0.05) is 65.7 Å². The molecule has 3 N–H and O–H groups in total. The van der Waals surface area contributed by atoms with Crippen molar-refractivity contribution in [3.63, 3.8) is 0 Å². The second kappa shape index (κ2) is 10.3. The maximum absolute atomic E-state index is 12.4. The topological polar surface area (TPSA) is 97.4 Å². The Morgan fingerprint density at radius 3 is 2.00 bits per heavy atom. The largest absolute Gasteiger partial charge is 0.369 e. The molecule has 3 aromatic carbocycles. The summed E-state index contributed by atoms with van der Waals surface area (Å²) in [6.45, 7) is 0.182. The third-order valence-corrected chi connectivity index (χ3v) is 6.79. The molecule has 0 radical (unpaired) electrons. The van der Waals surface area contributed by atoms with Gasteiger partial charge in [0.25, 0.3) is 10.0 Å². The number of hydrogen-bond donors (Lipinski definition) is 2. The van der Waals surface area contributed by atoms with Gasteiger partial charge < -0.3 is 11.1 Å². The van der Waals surface area contributed by atoms with Crippen LogP contribution in [0.4, 0.5) is 0 Å². The molecule has 0 atom stereocenters. The van der Waals surface area contributed by atoms with Gasteiger partial charge in [0, 0.05) is 21.8 Å². The summed E-state index contributed by atoms with van der Waals surface area (Å²) in [6.07, 6.45) is 1.76. The summed E-state index contributed by atoms with van der Waals surface area (Å²) in [5, 5.41) is 4.11. The minimum atomic E-state index is -3.91. The molecule has 0 amide bonds. The smallest absolute Gasteiger partial charge is 0.285 e. The van der Waals surface area contributed by atoms with Gasteiger partial charge in [-0.25, -0.2) is 0 Å². The van der Waals surface area contributed by atoms with Gasteiger partial charge in [-0.2, -0.15) is 8.42 Å². The zero-order chi connectivity index (χ0) is 24.1. The lowest BCUT2D eigenvalue weighted by atomic mass is 9.95. The molecule has 1 aromatic heterocycles. The molecule has 6 nitrogen and oxygen atoms in total. The molecule has 0 bridgehead atoms. The Labute approximate surface area is 208 Å². The lowest BCUT2D eigenvalue weighted by molar-refractivity contribution is 0.597. The standard InChI is InChI=1S/C25H20Cl2N4O2S/c26-19-10-6-17(7-11-19)23-14-21(29-16-24(23)18-8-12-20(27)13-9-18)15-30-25(28)31-34(32,33)22-4-2-1-3-5-22/h1-14,16H,15H2,(H3,28,30,31). The van der Waals surface area contributed by atoms with Gasteiger partial charge in [-0.15, -0.1) is 4.40 Å². The van der Waals surface area contributed by atoms with Crippen LogP contribution >= 0.6 is 23.2 Å². The van der Waals surface area contributed by atoms with Crippen molar-refractivity contribution in [1.29, 1.82) is 0 Å². The molecule has 0 saturated heterocycles. The molecular weight excluding hydrogens is 491 g/mol. The van der Waals surface area contributed by atoms with E-state index < -0.39 is 10.0 Å². The molecule has 0 spiro atoms. The normalized spacial score (nSPS) is 11.9. The Kier molecular flexibility index (Phi) is 7.17. The van der Waals surface area contributed by atoms with E-state index in [0.717, 1.165) is 22.3 Å². The lowest BCUT2D eigenvalue weighted by Gasteiger charge is -2.13. The van der Waals surface area contributed by atoms with Gasteiger partial charge in [-0.3, -0.25) is 4.98 Å². The average Bonchev–Trinajstić information content (AvgIpc) is 2.84. The third-order valence-electron chi connectivity index (χ3n) is 4.98. The molecular formula is C25H20Cl2N4O2S. The Morgan fingerprint density at radius 2 is 1.41 bits per heavy atom. The number of nitrogens with one attached hydrogen (secondary N) is 1. The lowest BCUT2D eigenvalue weighted by Crippen LogP contribution is -2.32. The number of sulfonamides is 1. The van der Waals surface area contributed by atoms with Crippen LogP contribution in [0.1, 0.15) is 5.69 Å². The molecule has 0 aliphatic heterocycles. The van der Waals surface area contributed by atoms with Gasteiger partial charge in [0.1, 0.15) is 0 Å². The van der Waals surface area contributed by atoms with Gasteiger partial charge in [-0.05, 0) is 59.2 Å². The van der Waals surface area contributed by atoms with Crippen LogP contribution in [0.15, 0.2) is 100 Å². The first-order chi connectivity index (χ1) is 16.3. The third kappa shape index (κ3) is 5.75. The molecule has 9 heteroatoms. The van der Waals surface area contributed by atoms with E-state index in [-0.39, 0.29) is 17.4 Å². The minimum absolute atomic E-state index is 0.0650. The van der Waals surface area contributed by atoms with E-state index >= 15 is 0 Å². The van der Waals surface area contributed by atoms with Crippen LogP contribution in [0.25, 0.3) is 22.3 Å². The van der Waals surface area contributed by atoms with E-state index in [1.807, 2.05) is 54.6 Å². The highest BCUT2D eigenvalue weighted by Crippen LogP contribution is 2.33. The van der Waals surface area contributed by atoms with Gasteiger partial charge in [0.2, 0.25) is 5.96 Å². The summed E-state index contributed by atoms with van der Waals surface area (Å²) in [5.74, 6) is -0.222. The molecule has 4 rings (SSSR count). The summed E-state index contributed by atoms with van der Waals surface area (Å²) in [7, 11) is -3.91. The Balaban J connectivity index is 1.62. The quantitative estimate of drug-likeness (QED) is 0.263. The number of benzene rings is 3. The van der Waals surface area contributed by atoms with Crippen molar-refractivity contribution in [2.75, 3.05) is 0 Å². The number of aromatic nitrogens is 1. The second-order valence-corrected chi connectivity index (χ2v) is 9.83. The minimum Gasteiger partial charge on any atom is -0.369 e. The molecule has 4 aromatic rings. The first kappa shape index (κ1) is 23.8. The first-order valence-corrected chi connectivity index (χ1v) is 12.4. The SMILES string of the molecule is NC(=NS(=O)(=O)c1ccccc1)NCc1cc(-c2ccc(Cl)cc2)c(-c2ccc(Cl)cc2)cn1. The van der Waals surface area contributed by atoms with Crippen LogP contribution in [0.2, 0.25) is 10.0 Å². The number of nitrogens with two attached hydrogens (primary N) is 1. The van der Waals surface area contributed by atoms with E-state index in [1.54, 1.807) is 24.4 Å². The molecule has 0 saturated carbocycles. The van der Waals surface area contributed by atoms with Crippen LogP contribution in [-0.4, -0.2) is 19.4 Å². The summed E-state index contributed by atoms with van der Waals surface area (Å²) < 4.78 is 28.5. The van der Waals surface area contributed by atoms with E-state index in [0.29, 0.717) is 15.7 Å². The summed E-state index contributed by atoms with van der Waals surface area (Å²) in [4.78, 5) is 4.59. The number of pyridine rings is 1. The van der Waals surface area contributed by atoms with Crippen molar-refractivity contribution < 1.29 is 8.42 Å². The monoisotopic (exact) mass is 510 g/mol. The maximum atomic E-state index is 12.4. The van der Waals surface area contributed by atoms with Crippen molar-refractivity contribution in [2.45, 2.75) is 11.4 Å². The van der Waals surface area contributed by atoms with Crippen molar-refractivity contribution in [1.82, 2.24) is 10.3 Å². The van der Waals surface area contributed by atoms with E-state index in [1.165, 1.54) is 12.1 Å². The van der Waals surface area contributed by atoms with Gasteiger partial charge in [0.05, 0.1) is 17.1 Å². The van der Waals surface area contributed by atoms with Crippen LogP contribution < -0.4 is 11.1 Å². The van der Waals surface area contributed by atoms with Crippen LogP contribution in [-0.2, 0) is 16.6 Å². The van der Waals surface area contributed by atoms with E-state index in [4.69, 9.17) is 28.9 Å². The molecule has 0 fully saturated rings. The average molecular weight is 511 g/mol. The van der Waals surface area contributed by atoms with Crippen LogP contribution in [0.3, 0.4) is 0 Å². The molecule has 0 aliphatic carbocycles. The van der Waals surface area contributed by atoms with Crippen LogP contribution in [0, 0.1) is 0 Å². The Bertz CT molecular complexity index is 1420. The Morgan fingerprint density at radius 1 is 0.853 bits per heavy atom. The van der Waals surface area contributed by atoms with Gasteiger partial charge >= 0.3 is 0 Å². The fourth-order valence-corrected chi connectivity index (χ4v) is 4.49. The van der Waals surface area contributed by atoms with E-state index in [9.17, 15) is 8.42 Å². The molecule has 172 valence electrons. The highest BCUT2D eigenvalue weighted by molar-refractivity contribution is 7.90. The second-order valence-electron chi connectivity index (χ2n) is 7.35. The fourth-order valence-electron chi connectivity index (χ4n) is 3.31. The zero-order valence-corrected chi connectivity index (χ0v) is 20.1. The van der Waals surface area contributed by atoms with Crippen molar-refractivity contribution in [3.8, 4) is 22.3 Å². The molecule has 0 aliphatic rings. The molecule has 1 heterocycles. The van der Waals surface area contributed by atoms with Gasteiger partial charge in [0.15, 0.2) is 0 Å². The summed E-state index contributed by atoms with van der Waals surface area (Å²) in [5.41, 5.74) is 10.2. The molecule has 0 unspecified atom stereocenters. The predicted octanol–water partition coefficient (Wildman–Crippen LogP) is 5.52. The summed E-state index contributed by atoms with van der Waals surface area (Å²) in [6, 6.07) is 24.8. The number of hydrogen-bond acceptors (Lipinski definition) is 3. The van der Waals surface area contributed by atoms with Crippen molar-refractivity contribution in [3.05, 3.63) is 107 Å². The highest BCUT2D eigenvalue weighted by Gasteiger charge is 2.14. The maximum Gasteiger partial charge on any atom is 0.285 e.